The van der Waals surface area contributed by atoms with Crippen LogP contribution in [0, 0.1) is 0 Å². The molecule has 2 aromatic rings. The van der Waals surface area contributed by atoms with Gasteiger partial charge in [-0.15, -0.1) is 10.2 Å². The molecular weight excluding hydrogens is 390 g/mol. The number of halogens is 1. The Morgan fingerprint density at radius 2 is 1.93 bits per heavy atom. The van der Waals surface area contributed by atoms with Crippen LogP contribution in [-0.2, 0) is 17.8 Å². The lowest BCUT2D eigenvalue weighted by Crippen LogP contribution is -2.55. The predicted molar refractivity (Wildman–Crippen MR) is 109 cm³/mol. The number of hydrogen-bond acceptors (Lipinski definition) is 6. The van der Waals surface area contributed by atoms with Crippen molar-refractivity contribution >= 4 is 17.5 Å². The summed E-state index contributed by atoms with van der Waals surface area (Å²) in [5, 5.41) is 12.9. The van der Waals surface area contributed by atoms with Crippen molar-refractivity contribution in [1.82, 2.24) is 34.7 Å². The molecule has 5 rings (SSSR count). The molecule has 1 saturated heterocycles. The largest absolute Gasteiger partial charge is 0.339 e. The molecule has 0 atom stereocenters. The molecule has 4 heterocycles. The summed E-state index contributed by atoms with van der Waals surface area (Å²) in [6, 6.07) is 4.31. The minimum absolute atomic E-state index is 0.248. The summed E-state index contributed by atoms with van der Waals surface area (Å²) in [4.78, 5) is 19.6. The van der Waals surface area contributed by atoms with Gasteiger partial charge in [0, 0.05) is 57.3 Å². The predicted octanol–water partition coefficient (Wildman–Crippen LogP) is 1.37. The van der Waals surface area contributed by atoms with Gasteiger partial charge in [0.2, 0.25) is 5.91 Å². The van der Waals surface area contributed by atoms with Gasteiger partial charge < -0.3 is 4.90 Å². The molecule has 154 valence electrons. The molecule has 1 aliphatic carbocycles. The Balaban J connectivity index is 1.17. The van der Waals surface area contributed by atoms with Gasteiger partial charge in [-0.1, -0.05) is 18.0 Å². The van der Waals surface area contributed by atoms with Crippen LogP contribution >= 0.6 is 11.6 Å². The van der Waals surface area contributed by atoms with Crippen molar-refractivity contribution in [3.8, 4) is 5.82 Å². The number of carbonyl (C=O) groups is 1. The minimum atomic E-state index is 0.248. The average Bonchev–Trinajstić information content (AvgIpc) is 3.11. The molecule has 0 bridgehead atoms. The number of rotatable bonds is 4. The van der Waals surface area contributed by atoms with Gasteiger partial charge in [0.1, 0.15) is 0 Å². The fraction of sp³-hybridized carbons (Fsp3) is 0.600. The topological polar surface area (TPSA) is 70.4 Å². The van der Waals surface area contributed by atoms with E-state index in [1.807, 2.05) is 21.8 Å². The Kier molecular flexibility index (Phi) is 5.24. The van der Waals surface area contributed by atoms with Gasteiger partial charge in [0.15, 0.2) is 11.0 Å². The number of nitrogens with zero attached hydrogens (tertiary/aromatic N) is 7. The molecule has 0 aromatic carbocycles. The van der Waals surface area contributed by atoms with E-state index in [-0.39, 0.29) is 5.91 Å². The Morgan fingerprint density at radius 3 is 2.62 bits per heavy atom. The molecule has 8 nitrogen and oxygen atoms in total. The molecule has 2 aliphatic heterocycles. The summed E-state index contributed by atoms with van der Waals surface area (Å²) < 4.78 is 1.83. The Hall–Kier alpha value is -2.03. The van der Waals surface area contributed by atoms with Gasteiger partial charge in [-0.2, -0.15) is 5.10 Å². The second-order valence-corrected chi connectivity index (χ2v) is 8.59. The summed E-state index contributed by atoms with van der Waals surface area (Å²) in [7, 11) is 0. The van der Waals surface area contributed by atoms with E-state index >= 15 is 0 Å². The summed E-state index contributed by atoms with van der Waals surface area (Å²) in [6.07, 6.45) is 6.74. The molecule has 0 radical (unpaired) electrons. The van der Waals surface area contributed by atoms with Crippen molar-refractivity contribution in [3.05, 3.63) is 34.7 Å². The van der Waals surface area contributed by atoms with Gasteiger partial charge in [-0.25, -0.2) is 4.68 Å². The van der Waals surface area contributed by atoms with Gasteiger partial charge in [-0.05, 0) is 25.0 Å². The normalized spacial score (nSPS) is 21.1. The van der Waals surface area contributed by atoms with E-state index in [0.29, 0.717) is 17.5 Å². The first-order chi connectivity index (χ1) is 14.2. The molecule has 2 aromatic heterocycles. The molecular formula is C20H26ClN7O. The number of carbonyl (C=O) groups excluding carboxylic acids is 1. The lowest BCUT2D eigenvalue weighted by atomic mass is 9.91. The van der Waals surface area contributed by atoms with Crippen LogP contribution in [0.25, 0.3) is 5.82 Å². The zero-order chi connectivity index (χ0) is 19.8. The molecule has 0 unspecified atom stereocenters. The number of hydrogen-bond donors (Lipinski definition) is 0. The molecule has 0 spiro atoms. The average molecular weight is 416 g/mol. The van der Waals surface area contributed by atoms with Crippen LogP contribution in [-0.4, -0.2) is 85.9 Å². The van der Waals surface area contributed by atoms with E-state index in [4.69, 9.17) is 11.6 Å². The highest BCUT2D eigenvalue weighted by molar-refractivity contribution is 6.29. The van der Waals surface area contributed by atoms with Gasteiger partial charge in [0.25, 0.3) is 0 Å². The Labute approximate surface area is 175 Å². The zero-order valence-electron chi connectivity index (χ0n) is 16.5. The standard InChI is InChI=1S/C20H26ClN7O/c21-18-4-5-19(24-23-18)28-17-6-7-25(13-15(17)12-22-28)14-20(29)27-10-8-26(9-11-27)16-2-1-3-16/h4-5,12,16H,1-3,6-11,13-14H2. The van der Waals surface area contributed by atoms with E-state index in [1.54, 1.807) is 6.07 Å². The van der Waals surface area contributed by atoms with Crippen molar-refractivity contribution in [2.75, 3.05) is 39.3 Å². The van der Waals surface area contributed by atoms with E-state index in [2.05, 4.69) is 25.1 Å². The highest BCUT2D eigenvalue weighted by atomic mass is 35.5. The van der Waals surface area contributed by atoms with Crippen molar-refractivity contribution in [2.24, 2.45) is 0 Å². The van der Waals surface area contributed by atoms with Crippen LogP contribution in [0.4, 0.5) is 0 Å². The first-order valence-corrected chi connectivity index (χ1v) is 10.8. The molecule has 2 fully saturated rings. The third-order valence-corrected chi connectivity index (χ3v) is 6.67. The van der Waals surface area contributed by atoms with Crippen molar-refractivity contribution in [2.45, 2.75) is 38.3 Å². The maximum absolute atomic E-state index is 12.8. The van der Waals surface area contributed by atoms with Crippen LogP contribution in [0.5, 0.6) is 0 Å². The summed E-state index contributed by atoms with van der Waals surface area (Å²) in [5.74, 6) is 0.919. The van der Waals surface area contributed by atoms with Crippen LogP contribution < -0.4 is 0 Å². The lowest BCUT2D eigenvalue weighted by molar-refractivity contribution is -0.135. The van der Waals surface area contributed by atoms with E-state index in [0.717, 1.165) is 63.0 Å². The number of aromatic nitrogens is 4. The minimum Gasteiger partial charge on any atom is -0.339 e. The smallest absolute Gasteiger partial charge is 0.236 e. The maximum Gasteiger partial charge on any atom is 0.236 e. The van der Waals surface area contributed by atoms with Crippen molar-refractivity contribution in [1.29, 1.82) is 0 Å². The van der Waals surface area contributed by atoms with Gasteiger partial charge in [0.05, 0.1) is 18.4 Å². The van der Waals surface area contributed by atoms with Gasteiger partial charge in [-0.3, -0.25) is 14.6 Å². The Bertz CT molecular complexity index is 871. The van der Waals surface area contributed by atoms with E-state index < -0.39 is 0 Å². The maximum atomic E-state index is 12.8. The zero-order valence-corrected chi connectivity index (χ0v) is 17.3. The Morgan fingerprint density at radius 1 is 1.10 bits per heavy atom. The van der Waals surface area contributed by atoms with Crippen molar-refractivity contribution < 1.29 is 4.79 Å². The summed E-state index contributed by atoms with van der Waals surface area (Å²) in [6.45, 7) is 5.83. The molecule has 1 saturated carbocycles. The molecule has 0 N–H and O–H groups in total. The highest BCUT2D eigenvalue weighted by Gasteiger charge is 2.30. The summed E-state index contributed by atoms with van der Waals surface area (Å²) in [5.41, 5.74) is 2.29. The first-order valence-electron chi connectivity index (χ1n) is 10.5. The van der Waals surface area contributed by atoms with Crippen LogP contribution in [0.15, 0.2) is 18.3 Å². The highest BCUT2D eigenvalue weighted by Crippen LogP contribution is 2.26. The van der Waals surface area contributed by atoms with E-state index in [9.17, 15) is 4.79 Å². The molecule has 9 heteroatoms. The molecule has 29 heavy (non-hydrogen) atoms. The second kappa shape index (κ2) is 8.01. The van der Waals surface area contributed by atoms with E-state index in [1.165, 1.54) is 19.3 Å². The quantitative estimate of drug-likeness (QED) is 0.751. The van der Waals surface area contributed by atoms with Crippen LogP contribution in [0.1, 0.15) is 30.5 Å². The SMILES string of the molecule is O=C(CN1CCc2c(cnn2-c2ccc(Cl)nn2)C1)N1CCN(C2CCC2)CC1. The number of fused-ring (bicyclic) bond motifs is 1. The summed E-state index contributed by atoms with van der Waals surface area (Å²) >= 11 is 5.83. The third-order valence-electron chi connectivity index (χ3n) is 6.47. The monoisotopic (exact) mass is 415 g/mol. The fourth-order valence-corrected chi connectivity index (χ4v) is 4.62. The van der Waals surface area contributed by atoms with Crippen LogP contribution in [0.3, 0.4) is 0 Å². The number of piperazine rings is 1. The van der Waals surface area contributed by atoms with Gasteiger partial charge >= 0.3 is 0 Å². The first kappa shape index (κ1) is 19.0. The fourth-order valence-electron chi connectivity index (χ4n) is 4.52. The second-order valence-electron chi connectivity index (χ2n) is 8.20. The van der Waals surface area contributed by atoms with Crippen molar-refractivity contribution in [3.63, 3.8) is 0 Å². The lowest BCUT2D eigenvalue weighted by Gasteiger charge is -2.43. The number of amides is 1. The third kappa shape index (κ3) is 3.89. The van der Waals surface area contributed by atoms with Crippen LogP contribution in [0.2, 0.25) is 5.15 Å². The molecule has 3 aliphatic rings. The molecule has 1 amide bonds.